The average molecular weight is 572 g/mol. The molecule has 1 unspecified atom stereocenters. The van der Waals surface area contributed by atoms with E-state index in [-0.39, 0.29) is 11.9 Å². The second kappa shape index (κ2) is 12.6. The van der Waals surface area contributed by atoms with Crippen LogP contribution in [0.2, 0.25) is 0 Å². The molecule has 0 radical (unpaired) electrons. The number of fused-ring (bicyclic) bond motifs is 1. The number of thiol groups is 1. The number of rotatable bonds is 9. The molecular formula is C30H33N7O3S. The molecule has 212 valence electrons. The summed E-state index contributed by atoms with van der Waals surface area (Å²) in [6.45, 7) is 4.72. The minimum absolute atomic E-state index is 0.0155. The maximum atomic E-state index is 13.2. The molecule has 41 heavy (non-hydrogen) atoms. The maximum Gasteiger partial charge on any atom is 0.236 e. The highest BCUT2D eigenvalue weighted by atomic mass is 32.1. The Hall–Kier alpha value is -4.09. The van der Waals surface area contributed by atoms with Gasteiger partial charge in [-0.3, -0.25) is 14.3 Å². The SMILES string of the molecule is O=C(CC1CN(Cc2ccc3c(c2)OCCO3)CCN1c1ccnc(-n2ccnc2)n1)NCCc1ccccc1S. The lowest BCUT2D eigenvalue weighted by molar-refractivity contribution is -0.121. The Bertz CT molecular complexity index is 1480. The van der Waals surface area contributed by atoms with Crippen LogP contribution in [0, 0.1) is 0 Å². The zero-order chi connectivity index (χ0) is 28.0. The largest absolute Gasteiger partial charge is 0.486 e. The van der Waals surface area contributed by atoms with E-state index in [1.54, 1.807) is 23.3 Å². The van der Waals surface area contributed by atoms with Crippen LogP contribution in [0.15, 0.2) is 78.3 Å². The predicted octanol–water partition coefficient (Wildman–Crippen LogP) is 3.16. The quantitative estimate of drug-likeness (QED) is 0.296. The molecule has 2 aromatic heterocycles. The molecule has 1 fully saturated rings. The van der Waals surface area contributed by atoms with Crippen molar-refractivity contribution in [3.8, 4) is 17.4 Å². The number of nitrogens with zero attached hydrogens (tertiary/aromatic N) is 6. The molecule has 1 N–H and O–H groups in total. The highest BCUT2D eigenvalue weighted by Gasteiger charge is 2.30. The lowest BCUT2D eigenvalue weighted by atomic mass is 10.1. The van der Waals surface area contributed by atoms with Gasteiger partial charge in [0.1, 0.15) is 25.4 Å². The topological polar surface area (TPSA) is 97.6 Å². The van der Waals surface area contributed by atoms with Gasteiger partial charge in [0.2, 0.25) is 11.9 Å². The summed E-state index contributed by atoms with van der Waals surface area (Å²) in [7, 11) is 0. The van der Waals surface area contributed by atoms with Crippen LogP contribution in [-0.2, 0) is 17.8 Å². The van der Waals surface area contributed by atoms with E-state index in [4.69, 9.17) is 14.5 Å². The third kappa shape index (κ3) is 6.63. The van der Waals surface area contributed by atoms with Crippen molar-refractivity contribution in [3.05, 3.63) is 84.6 Å². The molecular weight excluding hydrogens is 538 g/mol. The number of imidazole rings is 1. The predicted molar refractivity (Wildman–Crippen MR) is 158 cm³/mol. The average Bonchev–Trinajstić information content (AvgIpc) is 3.54. The maximum absolute atomic E-state index is 13.2. The molecule has 1 amide bonds. The summed E-state index contributed by atoms with van der Waals surface area (Å²) >= 11 is 4.53. The first-order valence-electron chi connectivity index (χ1n) is 13.8. The van der Waals surface area contributed by atoms with E-state index in [1.165, 1.54) is 0 Å². The fourth-order valence-corrected chi connectivity index (χ4v) is 5.60. The van der Waals surface area contributed by atoms with Crippen LogP contribution in [0.25, 0.3) is 5.95 Å². The van der Waals surface area contributed by atoms with Gasteiger partial charge in [-0.1, -0.05) is 24.3 Å². The Labute approximate surface area is 244 Å². The lowest BCUT2D eigenvalue weighted by Crippen LogP contribution is -2.54. The lowest BCUT2D eigenvalue weighted by Gasteiger charge is -2.42. The number of hydrogen-bond acceptors (Lipinski definition) is 9. The van der Waals surface area contributed by atoms with Gasteiger partial charge in [-0.15, -0.1) is 12.6 Å². The second-order valence-corrected chi connectivity index (χ2v) is 10.7. The van der Waals surface area contributed by atoms with Crippen molar-refractivity contribution in [2.24, 2.45) is 0 Å². The van der Waals surface area contributed by atoms with Crippen molar-refractivity contribution in [3.63, 3.8) is 0 Å². The number of anilines is 1. The molecule has 11 heteroatoms. The third-order valence-electron chi connectivity index (χ3n) is 7.37. The Morgan fingerprint density at radius 2 is 1.93 bits per heavy atom. The highest BCUT2D eigenvalue weighted by Crippen LogP contribution is 2.31. The van der Waals surface area contributed by atoms with E-state index < -0.39 is 0 Å². The summed E-state index contributed by atoms with van der Waals surface area (Å²) < 4.78 is 13.3. The first-order chi connectivity index (χ1) is 20.1. The molecule has 2 aromatic carbocycles. The van der Waals surface area contributed by atoms with Gasteiger partial charge < -0.3 is 19.7 Å². The number of carbonyl (C=O) groups excluding carboxylic acids is 1. The number of aromatic nitrogens is 4. The summed E-state index contributed by atoms with van der Waals surface area (Å²) in [5.41, 5.74) is 2.27. The van der Waals surface area contributed by atoms with Crippen LogP contribution in [-0.4, -0.2) is 75.8 Å². The summed E-state index contributed by atoms with van der Waals surface area (Å²) in [5, 5.41) is 3.12. The zero-order valence-corrected chi connectivity index (χ0v) is 23.6. The van der Waals surface area contributed by atoms with Gasteiger partial charge in [0, 0.05) is 62.6 Å². The monoisotopic (exact) mass is 571 g/mol. The van der Waals surface area contributed by atoms with Gasteiger partial charge in [0.15, 0.2) is 11.5 Å². The molecule has 10 nitrogen and oxygen atoms in total. The van der Waals surface area contributed by atoms with Crippen molar-refractivity contribution in [1.29, 1.82) is 0 Å². The molecule has 4 heterocycles. The fraction of sp³-hybridized carbons (Fsp3) is 0.333. The zero-order valence-electron chi connectivity index (χ0n) is 22.7. The molecule has 1 atom stereocenters. The summed E-state index contributed by atoms with van der Waals surface area (Å²) in [5.74, 6) is 2.94. The second-order valence-electron chi connectivity index (χ2n) is 10.2. The minimum Gasteiger partial charge on any atom is -0.486 e. The van der Waals surface area contributed by atoms with Crippen molar-refractivity contribution in [2.75, 3.05) is 44.3 Å². The van der Waals surface area contributed by atoms with Gasteiger partial charge >= 0.3 is 0 Å². The highest BCUT2D eigenvalue weighted by molar-refractivity contribution is 7.80. The Morgan fingerprint density at radius 1 is 1.05 bits per heavy atom. The van der Waals surface area contributed by atoms with E-state index in [2.05, 4.69) is 49.8 Å². The van der Waals surface area contributed by atoms with Gasteiger partial charge in [0.25, 0.3) is 0 Å². The van der Waals surface area contributed by atoms with Crippen molar-refractivity contribution in [2.45, 2.75) is 30.3 Å². The van der Waals surface area contributed by atoms with Gasteiger partial charge in [0.05, 0.1) is 6.04 Å². The van der Waals surface area contributed by atoms with Gasteiger partial charge in [-0.2, -0.15) is 4.98 Å². The number of piperazine rings is 1. The fourth-order valence-electron chi connectivity index (χ4n) is 5.33. The van der Waals surface area contributed by atoms with Gasteiger partial charge in [-0.25, -0.2) is 9.97 Å². The first-order valence-corrected chi connectivity index (χ1v) is 14.3. The van der Waals surface area contributed by atoms with Crippen LogP contribution in [0.5, 0.6) is 11.5 Å². The molecule has 2 aliphatic rings. The summed E-state index contributed by atoms with van der Waals surface area (Å²) in [6.07, 6.45) is 8.04. The Balaban J connectivity index is 1.16. The number of hydrogen-bond donors (Lipinski definition) is 2. The molecule has 4 aromatic rings. The van der Waals surface area contributed by atoms with Crippen LogP contribution in [0.1, 0.15) is 17.5 Å². The molecule has 1 saturated heterocycles. The number of carbonyl (C=O) groups is 1. The molecule has 0 aliphatic carbocycles. The molecule has 2 aliphatic heterocycles. The molecule has 0 saturated carbocycles. The number of amides is 1. The van der Waals surface area contributed by atoms with Crippen molar-refractivity contribution >= 4 is 24.4 Å². The normalized spacial score (nSPS) is 16.9. The molecule has 0 bridgehead atoms. The minimum atomic E-state index is -0.0661. The van der Waals surface area contributed by atoms with Crippen LogP contribution < -0.4 is 19.7 Å². The molecule has 6 rings (SSSR count). The van der Waals surface area contributed by atoms with Crippen molar-refractivity contribution in [1.82, 2.24) is 29.7 Å². The smallest absolute Gasteiger partial charge is 0.236 e. The van der Waals surface area contributed by atoms with E-state index in [9.17, 15) is 4.79 Å². The third-order valence-corrected chi connectivity index (χ3v) is 7.80. The van der Waals surface area contributed by atoms with Crippen LogP contribution >= 0.6 is 12.6 Å². The summed E-state index contributed by atoms with van der Waals surface area (Å²) in [4.78, 5) is 32.1. The standard InChI is InChI=1S/C30H33N7O3S/c38-29(32-9-7-23-3-1-2-4-27(23)41)18-24-20-35(19-22-5-6-25-26(17-22)40-16-15-39-25)13-14-37(24)28-8-10-33-30(34-28)36-12-11-31-21-36/h1-6,8,10-12,17,21,24,41H,7,9,13-16,18-20H2,(H,32,38). The molecule has 0 spiro atoms. The first kappa shape index (κ1) is 27.1. The van der Waals surface area contributed by atoms with E-state index in [1.807, 2.05) is 42.6 Å². The van der Waals surface area contributed by atoms with Crippen molar-refractivity contribution < 1.29 is 14.3 Å². The van der Waals surface area contributed by atoms with Gasteiger partial charge in [-0.05, 0) is 41.8 Å². The number of nitrogens with one attached hydrogen (secondary N) is 1. The van der Waals surface area contributed by atoms with Crippen LogP contribution in [0.4, 0.5) is 5.82 Å². The number of benzene rings is 2. The van der Waals surface area contributed by atoms with E-state index in [0.717, 1.165) is 59.4 Å². The van der Waals surface area contributed by atoms with Crippen LogP contribution in [0.3, 0.4) is 0 Å². The van der Waals surface area contributed by atoms with E-state index in [0.29, 0.717) is 38.7 Å². The Morgan fingerprint density at radius 3 is 2.78 bits per heavy atom. The van der Waals surface area contributed by atoms with E-state index >= 15 is 0 Å². The Kier molecular flexibility index (Phi) is 8.33. The summed E-state index contributed by atoms with van der Waals surface area (Å²) in [6, 6.07) is 15.9. The number of ether oxygens (including phenoxy) is 2.